The Morgan fingerprint density at radius 3 is 2.75 bits per heavy atom. The predicted molar refractivity (Wildman–Crippen MR) is 61.3 cm³/mol. The fourth-order valence-electron chi connectivity index (χ4n) is 1.50. The smallest absolute Gasteiger partial charge is 0.241 e. The molecule has 0 aromatic heterocycles. The van der Waals surface area contributed by atoms with Crippen molar-refractivity contribution in [3.63, 3.8) is 0 Å². The number of carbonyl (C=O) groups excluding carboxylic acids is 1. The summed E-state index contributed by atoms with van der Waals surface area (Å²) < 4.78 is 5.18. The monoisotopic (exact) mass is 218 g/mol. The fraction of sp³-hybridized carbons (Fsp3) is 0.333. The third-order valence-corrected chi connectivity index (χ3v) is 2.22. The van der Waals surface area contributed by atoms with E-state index in [-0.39, 0.29) is 12.3 Å². The van der Waals surface area contributed by atoms with Crippen molar-refractivity contribution in [2.24, 2.45) is 0 Å². The highest BCUT2D eigenvalue weighted by molar-refractivity contribution is 5.95. The van der Waals surface area contributed by atoms with E-state index >= 15 is 0 Å². The maximum atomic E-state index is 11.7. The minimum absolute atomic E-state index is 0.119. The van der Waals surface area contributed by atoms with Gasteiger partial charge in [-0.3, -0.25) is 4.79 Å². The van der Waals surface area contributed by atoms with Crippen molar-refractivity contribution >= 4 is 11.6 Å². The van der Waals surface area contributed by atoms with Gasteiger partial charge in [-0.25, -0.2) is 0 Å². The molecule has 1 aromatic carbocycles. The van der Waals surface area contributed by atoms with Crippen LogP contribution in [-0.4, -0.2) is 19.6 Å². The summed E-state index contributed by atoms with van der Waals surface area (Å²) in [5, 5.41) is 8.53. The standard InChI is InChI=1S/C12H14N2O2/c1-3-14(12(15)8-9-13)10-6-4-5-7-11(10)16-2/h4-7H,3,8H2,1-2H3. The molecule has 0 spiro atoms. The summed E-state index contributed by atoms with van der Waals surface area (Å²) in [6.45, 7) is 2.38. The van der Waals surface area contributed by atoms with Crippen LogP contribution in [0.15, 0.2) is 24.3 Å². The van der Waals surface area contributed by atoms with Gasteiger partial charge in [-0.1, -0.05) is 12.1 Å². The van der Waals surface area contributed by atoms with E-state index in [1.807, 2.05) is 25.1 Å². The number of nitriles is 1. The first-order chi connectivity index (χ1) is 7.74. The van der Waals surface area contributed by atoms with Crippen LogP contribution in [0.5, 0.6) is 5.75 Å². The number of methoxy groups -OCH3 is 1. The van der Waals surface area contributed by atoms with E-state index < -0.39 is 0 Å². The first-order valence-electron chi connectivity index (χ1n) is 5.05. The van der Waals surface area contributed by atoms with Gasteiger partial charge in [0.2, 0.25) is 5.91 Å². The first kappa shape index (κ1) is 12.1. The van der Waals surface area contributed by atoms with Crippen molar-refractivity contribution in [3.8, 4) is 11.8 Å². The summed E-state index contributed by atoms with van der Waals surface area (Å²) in [5.74, 6) is 0.421. The maximum Gasteiger partial charge on any atom is 0.241 e. The van der Waals surface area contributed by atoms with Crippen molar-refractivity contribution in [3.05, 3.63) is 24.3 Å². The van der Waals surface area contributed by atoms with Gasteiger partial charge in [-0.15, -0.1) is 0 Å². The van der Waals surface area contributed by atoms with Gasteiger partial charge in [0, 0.05) is 6.54 Å². The number of hydrogen-bond donors (Lipinski definition) is 0. The van der Waals surface area contributed by atoms with Gasteiger partial charge >= 0.3 is 0 Å². The van der Waals surface area contributed by atoms with Crippen molar-refractivity contribution < 1.29 is 9.53 Å². The SMILES string of the molecule is CCN(C(=O)CC#N)c1ccccc1OC. The summed E-state index contributed by atoms with van der Waals surface area (Å²) in [6, 6.07) is 9.12. The van der Waals surface area contributed by atoms with E-state index in [2.05, 4.69) is 0 Å². The summed E-state index contributed by atoms with van der Waals surface area (Å²) in [7, 11) is 1.56. The van der Waals surface area contributed by atoms with Crippen LogP contribution in [-0.2, 0) is 4.79 Å². The van der Waals surface area contributed by atoms with Crippen molar-refractivity contribution in [2.45, 2.75) is 13.3 Å². The number of benzene rings is 1. The number of ether oxygens (including phenoxy) is 1. The predicted octanol–water partition coefficient (Wildman–Crippen LogP) is 1.96. The second kappa shape index (κ2) is 5.76. The molecule has 0 N–H and O–H groups in total. The van der Waals surface area contributed by atoms with Crippen LogP contribution >= 0.6 is 0 Å². The van der Waals surface area contributed by atoms with Crippen LogP contribution in [0.3, 0.4) is 0 Å². The molecule has 0 saturated carbocycles. The molecule has 4 nitrogen and oxygen atoms in total. The van der Waals surface area contributed by atoms with E-state index in [4.69, 9.17) is 10.00 Å². The first-order valence-corrected chi connectivity index (χ1v) is 5.05. The third kappa shape index (κ3) is 2.51. The van der Waals surface area contributed by atoms with Crippen LogP contribution in [0.25, 0.3) is 0 Å². The fourth-order valence-corrected chi connectivity index (χ4v) is 1.50. The Balaban J connectivity index is 3.04. The number of hydrogen-bond acceptors (Lipinski definition) is 3. The van der Waals surface area contributed by atoms with Gasteiger partial charge in [0.1, 0.15) is 12.2 Å². The lowest BCUT2D eigenvalue weighted by atomic mass is 10.2. The van der Waals surface area contributed by atoms with Gasteiger partial charge in [0.05, 0.1) is 18.9 Å². The number of anilines is 1. The Hall–Kier alpha value is -2.02. The van der Waals surface area contributed by atoms with Crippen LogP contribution < -0.4 is 9.64 Å². The molecule has 0 aliphatic carbocycles. The van der Waals surface area contributed by atoms with Gasteiger partial charge < -0.3 is 9.64 Å². The van der Waals surface area contributed by atoms with Crippen LogP contribution in [0.1, 0.15) is 13.3 Å². The second-order valence-electron chi connectivity index (χ2n) is 3.14. The molecule has 4 heteroatoms. The highest BCUT2D eigenvalue weighted by atomic mass is 16.5. The summed E-state index contributed by atoms with van der Waals surface area (Å²) in [4.78, 5) is 13.2. The molecule has 0 fully saturated rings. The minimum Gasteiger partial charge on any atom is -0.495 e. The highest BCUT2D eigenvalue weighted by Crippen LogP contribution is 2.27. The zero-order valence-corrected chi connectivity index (χ0v) is 9.43. The zero-order valence-electron chi connectivity index (χ0n) is 9.43. The lowest BCUT2D eigenvalue weighted by molar-refractivity contribution is -0.117. The Bertz CT molecular complexity index is 410. The van der Waals surface area contributed by atoms with Crippen LogP contribution in [0, 0.1) is 11.3 Å². The number of amides is 1. The second-order valence-corrected chi connectivity index (χ2v) is 3.14. The van der Waals surface area contributed by atoms with Crippen molar-refractivity contribution in [1.82, 2.24) is 0 Å². The number of rotatable bonds is 4. The quantitative estimate of drug-likeness (QED) is 0.776. The average Bonchev–Trinajstić information content (AvgIpc) is 2.31. The molecular formula is C12H14N2O2. The van der Waals surface area contributed by atoms with Gasteiger partial charge in [0.15, 0.2) is 0 Å². The summed E-state index contributed by atoms with van der Waals surface area (Å²) in [5.41, 5.74) is 0.702. The van der Waals surface area contributed by atoms with Crippen LogP contribution in [0.4, 0.5) is 5.69 Å². The molecule has 16 heavy (non-hydrogen) atoms. The number of carbonyl (C=O) groups is 1. The molecule has 0 saturated heterocycles. The zero-order chi connectivity index (χ0) is 12.0. The highest BCUT2D eigenvalue weighted by Gasteiger charge is 2.16. The van der Waals surface area contributed by atoms with Crippen molar-refractivity contribution in [2.75, 3.05) is 18.6 Å². The molecule has 0 unspecified atom stereocenters. The molecule has 84 valence electrons. The van der Waals surface area contributed by atoms with E-state index in [1.54, 1.807) is 24.1 Å². The van der Waals surface area contributed by atoms with E-state index in [0.717, 1.165) is 0 Å². The molecule has 0 heterocycles. The topological polar surface area (TPSA) is 53.3 Å². The van der Waals surface area contributed by atoms with Crippen molar-refractivity contribution in [1.29, 1.82) is 5.26 Å². The van der Waals surface area contributed by atoms with Gasteiger partial charge in [0.25, 0.3) is 0 Å². The number of nitrogens with zero attached hydrogens (tertiary/aromatic N) is 2. The molecule has 0 atom stereocenters. The molecular weight excluding hydrogens is 204 g/mol. The minimum atomic E-state index is -0.213. The van der Waals surface area contributed by atoms with Crippen LogP contribution in [0.2, 0.25) is 0 Å². The molecule has 0 aliphatic rings. The third-order valence-electron chi connectivity index (χ3n) is 2.22. The Morgan fingerprint density at radius 1 is 1.50 bits per heavy atom. The molecule has 0 aliphatic heterocycles. The Morgan fingerprint density at radius 2 is 2.19 bits per heavy atom. The molecule has 1 rings (SSSR count). The van der Waals surface area contributed by atoms with E-state index in [0.29, 0.717) is 18.0 Å². The molecule has 0 radical (unpaired) electrons. The molecule has 0 bridgehead atoms. The van der Waals surface area contributed by atoms with Gasteiger partial charge in [-0.2, -0.15) is 5.26 Å². The summed E-state index contributed by atoms with van der Waals surface area (Å²) in [6.07, 6.45) is -0.119. The lowest BCUT2D eigenvalue weighted by Gasteiger charge is -2.21. The Kier molecular flexibility index (Phi) is 4.34. The van der Waals surface area contributed by atoms with Gasteiger partial charge in [-0.05, 0) is 19.1 Å². The maximum absolute atomic E-state index is 11.7. The number of para-hydroxylation sites is 2. The molecule has 1 aromatic rings. The Labute approximate surface area is 95.0 Å². The average molecular weight is 218 g/mol. The van der Waals surface area contributed by atoms with E-state index in [9.17, 15) is 4.79 Å². The molecule has 1 amide bonds. The normalized spacial score (nSPS) is 9.31. The largest absolute Gasteiger partial charge is 0.495 e. The van der Waals surface area contributed by atoms with E-state index in [1.165, 1.54) is 0 Å². The summed E-state index contributed by atoms with van der Waals surface area (Å²) >= 11 is 0. The lowest BCUT2D eigenvalue weighted by Crippen LogP contribution is -2.30.